The standard InChI is InChI=1S/C15H19FN4OS.HI/c1-17-15(19-9-14-5-6-21-20-14)18-8-11-3-4-13(16)7-12(11)10-22-2;/h3-7H,8-10H2,1-2H3,(H2,17,18,19);1H. The lowest BCUT2D eigenvalue weighted by molar-refractivity contribution is 0.410. The lowest BCUT2D eigenvalue weighted by Crippen LogP contribution is -2.36. The van der Waals surface area contributed by atoms with Crippen molar-refractivity contribution in [2.45, 2.75) is 18.8 Å². The predicted molar refractivity (Wildman–Crippen MR) is 103 cm³/mol. The molecule has 0 atom stereocenters. The highest BCUT2D eigenvalue weighted by molar-refractivity contribution is 14.0. The van der Waals surface area contributed by atoms with E-state index in [-0.39, 0.29) is 29.8 Å². The summed E-state index contributed by atoms with van der Waals surface area (Å²) in [7, 11) is 1.70. The molecule has 0 bridgehead atoms. The van der Waals surface area contributed by atoms with Gasteiger partial charge in [-0.15, -0.1) is 24.0 Å². The molecule has 2 aromatic rings. The first-order chi connectivity index (χ1) is 10.7. The summed E-state index contributed by atoms with van der Waals surface area (Å²) in [6.45, 7) is 1.10. The number of aliphatic imine (C=N–C) groups is 1. The van der Waals surface area contributed by atoms with Gasteiger partial charge in [-0.1, -0.05) is 11.2 Å². The highest BCUT2D eigenvalue weighted by Crippen LogP contribution is 2.16. The molecule has 0 saturated carbocycles. The van der Waals surface area contributed by atoms with Crippen molar-refractivity contribution >= 4 is 41.7 Å². The van der Waals surface area contributed by atoms with Gasteiger partial charge in [0.05, 0.1) is 6.54 Å². The summed E-state index contributed by atoms with van der Waals surface area (Å²) in [5.74, 6) is 1.23. The summed E-state index contributed by atoms with van der Waals surface area (Å²) in [4.78, 5) is 4.15. The third kappa shape index (κ3) is 6.38. The molecule has 0 aliphatic heterocycles. The number of aromatic nitrogens is 1. The van der Waals surface area contributed by atoms with Gasteiger partial charge in [-0.25, -0.2) is 4.39 Å². The zero-order chi connectivity index (χ0) is 15.8. The molecule has 23 heavy (non-hydrogen) atoms. The van der Waals surface area contributed by atoms with E-state index < -0.39 is 0 Å². The largest absolute Gasteiger partial charge is 0.364 e. The normalized spacial score (nSPS) is 11.0. The summed E-state index contributed by atoms with van der Waals surface area (Å²) in [5, 5.41) is 10.2. The Hall–Kier alpha value is -1.29. The molecule has 0 amide bonds. The van der Waals surface area contributed by atoms with Gasteiger partial charge in [-0.3, -0.25) is 4.99 Å². The van der Waals surface area contributed by atoms with Crippen molar-refractivity contribution in [3.63, 3.8) is 0 Å². The average Bonchev–Trinajstić information content (AvgIpc) is 3.03. The monoisotopic (exact) mass is 450 g/mol. The van der Waals surface area contributed by atoms with E-state index in [1.54, 1.807) is 37.0 Å². The number of thioether (sulfide) groups is 1. The number of hydrogen-bond acceptors (Lipinski definition) is 4. The first kappa shape index (κ1) is 19.8. The second-order valence-corrected chi connectivity index (χ2v) is 5.48. The SMILES string of the molecule is CN=C(NCc1ccon1)NCc1ccc(F)cc1CSC.I. The minimum Gasteiger partial charge on any atom is -0.364 e. The molecule has 2 N–H and O–H groups in total. The topological polar surface area (TPSA) is 62.5 Å². The third-order valence-electron chi connectivity index (χ3n) is 3.07. The number of halogens is 2. The minimum atomic E-state index is -0.207. The van der Waals surface area contributed by atoms with Gasteiger partial charge < -0.3 is 15.2 Å². The van der Waals surface area contributed by atoms with Gasteiger partial charge in [-0.2, -0.15) is 11.8 Å². The Labute approximate surface area is 156 Å². The van der Waals surface area contributed by atoms with E-state index in [2.05, 4.69) is 20.8 Å². The van der Waals surface area contributed by atoms with Crippen molar-refractivity contribution in [3.8, 4) is 0 Å². The zero-order valence-electron chi connectivity index (χ0n) is 13.0. The van der Waals surface area contributed by atoms with E-state index in [9.17, 15) is 4.39 Å². The van der Waals surface area contributed by atoms with Gasteiger partial charge in [0.25, 0.3) is 0 Å². The van der Waals surface area contributed by atoms with Crippen molar-refractivity contribution in [2.24, 2.45) is 4.99 Å². The molecule has 0 saturated heterocycles. The molecule has 1 aromatic carbocycles. The molecular formula is C15H20FIN4OS. The zero-order valence-corrected chi connectivity index (χ0v) is 16.2. The molecule has 2 rings (SSSR count). The summed E-state index contributed by atoms with van der Waals surface area (Å²) < 4.78 is 18.1. The molecule has 126 valence electrons. The summed E-state index contributed by atoms with van der Waals surface area (Å²) >= 11 is 1.67. The third-order valence-corrected chi connectivity index (χ3v) is 3.67. The Balaban J connectivity index is 0.00000264. The lowest BCUT2D eigenvalue weighted by Gasteiger charge is -2.13. The van der Waals surface area contributed by atoms with Gasteiger partial charge >= 0.3 is 0 Å². The Kier molecular flexibility index (Phi) is 9.00. The Morgan fingerprint density at radius 1 is 1.26 bits per heavy atom. The minimum absolute atomic E-state index is 0. The van der Waals surface area contributed by atoms with E-state index in [4.69, 9.17) is 4.52 Å². The Morgan fingerprint density at radius 2 is 2.04 bits per heavy atom. The van der Waals surface area contributed by atoms with Crippen LogP contribution in [0.2, 0.25) is 0 Å². The van der Waals surface area contributed by atoms with Gasteiger partial charge in [-0.05, 0) is 29.5 Å². The van der Waals surface area contributed by atoms with Crippen LogP contribution in [0.15, 0.2) is 40.0 Å². The fourth-order valence-electron chi connectivity index (χ4n) is 1.96. The fourth-order valence-corrected chi connectivity index (χ4v) is 2.54. The maximum absolute atomic E-state index is 13.3. The number of nitrogens with zero attached hydrogens (tertiary/aromatic N) is 2. The van der Waals surface area contributed by atoms with Gasteiger partial charge in [0.2, 0.25) is 0 Å². The molecule has 0 fully saturated rings. The first-order valence-corrected chi connectivity index (χ1v) is 8.22. The number of benzene rings is 1. The van der Waals surface area contributed by atoms with E-state index in [0.29, 0.717) is 19.0 Å². The second kappa shape index (κ2) is 10.5. The van der Waals surface area contributed by atoms with Crippen molar-refractivity contribution < 1.29 is 8.91 Å². The molecule has 0 aliphatic rings. The smallest absolute Gasteiger partial charge is 0.191 e. The Morgan fingerprint density at radius 3 is 2.70 bits per heavy atom. The van der Waals surface area contributed by atoms with E-state index in [1.807, 2.05) is 6.26 Å². The maximum atomic E-state index is 13.3. The second-order valence-electron chi connectivity index (χ2n) is 4.62. The molecule has 0 aliphatic carbocycles. The van der Waals surface area contributed by atoms with Crippen LogP contribution in [0.3, 0.4) is 0 Å². The van der Waals surface area contributed by atoms with Gasteiger partial charge in [0.1, 0.15) is 17.8 Å². The summed E-state index contributed by atoms with van der Waals surface area (Å²) in [5.41, 5.74) is 2.85. The average molecular weight is 450 g/mol. The van der Waals surface area contributed by atoms with E-state index in [1.165, 1.54) is 12.3 Å². The van der Waals surface area contributed by atoms with Crippen molar-refractivity contribution in [1.82, 2.24) is 15.8 Å². The summed E-state index contributed by atoms with van der Waals surface area (Å²) in [6, 6.07) is 6.65. The van der Waals surface area contributed by atoms with E-state index in [0.717, 1.165) is 22.6 Å². The highest BCUT2D eigenvalue weighted by Gasteiger charge is 2.06. The van der Waals surface area contributed by atoms with Crippen LogP contribution in [0.1, 0.15) is 16.8 Å². The number of hydrogen-bond donors (Lipinski definition) is 2. The Bertz CT molecular complexity index is 622. The van der Waals surface area contributed by atoms with Crippen LogP contribution in [0.5, 0.6) is 0 Å². The highest BCUT2D eigenvalue weighted by atomic mass is 127. The predicted octanol–water partition coefficient (Wildman–Crippen LogP) is 3.16. The molecule has 1 heterocycles. The first-order valence-electron chi connectivity index (χ1n) is 6.83. The van der Waals surface area contributed by atoms with Crippen LogP contribution in [-0.2, 0) is 18.8 Å². The molecule has 0 unspecified atom stereocenters. The number of rotatable bonds is 6. The summed E-state index contributed by atoms with van der Waals surface area (Å²) in [6.07, 6.45) is 3.53. The van der Waals surface area contributed by atoms with Crippen molar-refractivity contribution in [1.29, 1.82) is 0 Å². The number of guanidine groups is 1. The fraction of sp³-hybridized carbons (Fsp3) is 0.333. The van der Waals surface area contributed by atoms with Crippen LogP contribution in [0.4, 0.5) is 4.39 Å². The van der Waals surface area contributed by atoms with Crippen molar-refractivity contribution in [2.75, 3.05) is 13.3 Å². The molecule has 0 spiro atoms. The molecule has 8 heteroatoms. The van der Waals surface area contributed by atoms with Crippen LogP contribution in [0, 0.1) is 5.82 Å². The molecule has 0 radical (unpaired) electrons. The van der Waals surface area contributed by atoms with Crippen molar-refractivity contribution in [3.05, 3.63) is 53.2 Å². The lowest BCUT2D eigenvalue weighted by atomic mass is 10.1. The quantitative estimate of drug-likeness (QED) is 0.402. The van der Waals surface area contributed by atoms with Crippen LogP contribution in [-0.4, -0.2) is 24.4 Å². The molecule has 5 nitrogen and oxygen atoms in total. The molecular weight excluding hydrogens is 430 g/mol. The van der Waals surface area contributed by atoms with E-state index >= 15 is 0 Å². The number of nitrogens with one attached hydrogen (secondary N) is 2. The maximum Gasteiger partial charge on any atom is 0.191 e. The van der Waals surface area contributed by atoms with Crippen LogP contribution >= 0.6 is 35.7 Å². The molecule has 1 aromatic heterocycles. The van der Waals surface area contributed by atoms with Crippen LogP contribution < -0.4 is 10.6 Å². The van der Waals surface area contributed by atoms with Gasteiger partial charge in [0, 0.05) is 25.4 Å². The van der Waals surface area contributed by atoms with Gasteiger partial charge in [0.15, 0.2) is 5.96 Å². The van der Waals surface area contributed by atoms with Crippen LogP contribution in [0.25, 0.3) is 0 Å².